The maximum Gasteiger partial charge on any atom is 0.204 e. The molecule has 0 heterocycles. The van der Waals surface area contributed by atoms with Crippen molar-refractivity contribution in [2.75, 3.05) is 0 Å². The normalized spacial score (nSPS) is 10.8. The van der Waals surface area contributed by atoms with E-state index >= 15 is 0 Å². The van der Waals surface area contributed by atoms with E-state index in [0.29, 0.717) is 5.56 Å². The maximum absolute atomic E-state index is 13.6. The second kappa shape index (κ2) is 6.13. The van der Waals surface area contributed by atoms with E-state index in [1.54, 1.807) is 24.3 Å². The molecule has 0 spiro atoms. The molecule has 0 radical (unpaired) electrons. The first-order valence-corrected chi connectivity index (χ1v) is 6.09. The molecule has 0 fully saturated rings. The Bertz CT molecular complexity index is 625. The maximum atomic E-state index is 13.6. The summed E-state index contributed by atoms with van der Waals surface area (Å²) in [5.41, 5.74) is 0.514. The summed E-state index contributed by atoms with van der Waals surface area (Å²) in [7, 11) is 0. The van der Waals surface area contributed by atoms with Gasteiger partial charge in [0.15, 0.2) is 17.4 Å². The topological polar surface area (TPSA) is 29.5 Å². The highest BCUT2D eigenvalue weighted by Gasteiger charge is 2.26. The predicted molar refractivity (Wildman–Crippen MR) is 67.7 cm³/mol. The average molecular weight is 300 g/mol. The first kappa shape index (κ1) is 15.3. The molecule has 0 bridgehead atoms. The van der Waals surface area contributed by atoms with Gasteiger partial charge >= 0.3 is 0 Å². The van der Waals surface area contributed by atoms with Gasteiger partial charge in [-0.15, -0.1) is 0 Å². The van der Waals surface area contributed by atoms with Crippen LogP contribution in [0, 0.1) is 30.2 Å². The summed E-state index contributed by atoms with van der Waals surface area (Å²) in [4.78, 5) is 0. The molecule has 2 aromatic carbocycles. The second-order valence-corrected chi connectivity index (χ2v) is 4.50. The van der Waals surface area contributed by atoms with Gasteiger partial charge in [-0.3, -0.25) is 0 Å². The van der Waals surface area contributed by atoms with Crippen LogP contribution in [-0.4, -0.2) is 5.11 Å². The van der Waals surface area contributed by atoms with Gasteiger partial charge in [0.25, 0.3) is 0 Å². The summed E-state index contributed by atoms with van der Waals surface area (Å²) in [6, 6.07) is 6.86. The lowest BCUT2D eigenvalue weighted by Gasteiger charge is -2.12. The number of ether oxygens (including phenoxy) is 1. The van der Waals surface area contributed by atoms with E-state index in [1.165, 1.54) is 0 Å². The molecule has 0 amide bonds. The minimum Gasteiger partial charge on any atom is -0.483 e. The monoisotopic (exact) mass is 300 g/mol. The SMILES string of the molecule is Cc1ccc(COc2c(F)c(F)c(CO)c(F)c2F)cc1. The highest BCUT2D eigenvalue weighted by atomic mass is 19.2. The van der Waals surface area contributed by atoms with Gasteiger partial charge in [0, 0.05) is 0 Å². The van der Waals surface area contributed by atoms with Crippen molar-refractivity contribution in [3.63, 3.8) is 0 Å². The van der Waals surface area contributed by atoms with E-state index in [-0.39, 0.29) is 6.61 Å². The second-order valence-electron chi connectivity index (χ2n) is 4.50. The Morgan fingerprint density at radius 1 is 0.905 bits per heavy atom. The lowest BCUT2D eigenvalue weighted by atomic mass is 10.1. The zero-order valence-corrected chi connectivity index (χ0v) is 11.1. The molecule has 2 aromatic rings. The zero-order chi connectivity index (χ0) is 15.6. The van der Waals surface area contributed by atoms with Crippen molar-refractivity contribution < 1.29 is 27.4 Å². The van der Waals surface area contributed by atoms with E-state index in [0.717, 1.165) is 5.56 Å². The molecule has 0 aliphatic heterocycles. The van der Waals surface area contributed by atoms with Gasteiger partial charge in [-0.2, -0.15) is 8.78 Å². The quantitative estimate of drug-likeness (QED) is 0.690. The Hall–Kier alpha value is -2.08. The average Bonchev–Trinajstić information content (AvgIpc) is 2.48. The summed E-state index contributed by atoms with van der Waals surface area (Å²) in [6.07, 6.45) is 0. The van der Waals surface area contributed by atoms with Gasteiger partial charge in [0.2, 0.25) is 11.6 Å². The van der Waals surface area contributed by atoms with Crippen molar-refractivity contribution >= 4 is 0 Å². The summed E-state index contributed by atoms with van der Waals surface area (Å²) in [5, 5.41) is 8.72. The van der Waals surface area contributed by atoms with Crippen molar-refractivity contribution in [2.24, 2.45) is 0 Å². The molecule has 2 nitrogen and oxygen atoms in total. The van der Waals surface area contributed by atoms with Gasteiger partial charge in [0.05, 0.1) is 12.2 Å². The van der Waals surface area contributed by atoms with E-state index < -0.39 is 41.2 Å². The van der Waals surface area contributed by atoms with E-state index in [1.807, 2.05) is 6.92 Å². The van der Waals surface area contributed by atoms with Gasteiger partial charge in [0.1, 0.15) is 6.61 Å². The van der Waals surface area contributed by atoms with Crippen molar-refractivity contribution in [3.05, 3.63) is 64.2 Å². The number of rotatable bonds is 4. The third kappa shape index (κ3) is 3.00. The van der Waals surface area contributed by atoms with E-state index in [9.17, 15) is 17.6 Å². The third-order valence-corrected chi connectivity index (χ3v) is 2.98. The fourth-order valence-corrected chi connectivity index (χ4v) is 1.76. The molecule has 6 heteroatoms. The van der Waals surface area contributed by atoms with Crippen LogP contribution in [0.5, 0.6) is 5.75 Å². The lowest BCUT2D eigenvalue weighted by molar-refractivity contribution is 0.242. The number of hydrogen-bond acceptors (Lipinski definition) is 2. The van der Waals surface area contributed by atoms with Gasteiger partial charge in [-0.05, 0) is 12.5 Å². The van der Waals surface area contributed by atoms with Crippen LogP contribution >= 0.6 is 0 Å². The largest absolute Gasteiger partial charge is 0.483 e. The van der Waals surface area contributed by atoms with Gasteiger partial charge in [-0.1, -0.05) is 29.8 Å². The lowest BCUT2D eigenvalue weighted by Crippen LogP contribution is -2.08. The molecule has 21 heavy (non-hydrogen) atoms. The molecule has 1 N–H and O–H groups in total. The van der Waals surface area contributed by atoms with Crippen LogP contribution in [-0.2, 0) is 13.2 Å². The summed E-state index contributed by atoms with van der Waals surface area (Å²) >= 11 is 0. The molecule has 2 rings (SSSR count). The third-order valence-electron chi connectivity index (χ3n) is 2.98. The van der Waals surface area contributed by atoms with Crippen LogP contribution in [0.2, 0.25) is 0 Å². The molecular weight excluding hydrogens is 288 g/mol. The molecule has 0 aromatic heterocycles. The fourth-order valence-electron chi connectivity index (χ4n) is 1.76. The number of hydrogen-bond donors (Lipinski definition) is 1. The Kier molecular flexibility index (Phi) is 4.47. The number of aliphatic hydroxyl groups is 1. The van der Waals surface area contributed by atoms with Crippen molar-refractivity contribution in [2.45, 2.75) is 20.1 Å². The number of benzene rings is 2. The molecular formula is C15H12F4O2. The molecule has 0 saturated heterocycles. The number of halogens is 4. The van der Waals surface area contributed by atoms with Crippen LogP contribution in [0.3, 0.4) is 0 Å². The summed E-state index contributed by atoms with van der Waals surface area (Å²) < 4.78 is 59.0. The fraction of sp³-hybridized carbons (Fsp3) is 0.200. The summed E-state index contributed by atoms with van der Waals surface area (Å²) in [6.45, 7) is 0.470. The molecule has 112 valence electrons. The van der Waals surface area contributed by atoms with Gasteiger partial charge in [-0.25, -0.2) is 8.78 Å². The van der Waals surface area contributed by atoms with Crippen LogP contribution in [0.25, 0.3) is 0 Å². The van der Waals surface area contributed by atoms with Crippen LogP contribution in [0.15, 0.2) is 24.3 Å². The standard InChI is InChI=1S/C15H12F4O2/c1-8-2-4-9(5-3-8)7-21-15-13(18)11(16)10(6-20)12(17)14(15)19/h2-5,20H,6-7H2,1H3. The zero-order valence-electron chi connectivity index (χ0n) is 11.1. The first-order chi connectivity index (χ1) is 9.95. The van der Waals surface area contributed by atoms with Crippen LogP contribution in [0.1, 0.15) is 16.7 Å². The van der Waals surface area contributed by atoms with Crippen molar-refractivity contribution in [1.82, 2.24) is 0 Å². The molecule has 0 aliphatic rings. The highest BCUT2D eigenvalue weighted by molar-refractivity contribution is 5.34. The minimum atomic E-state index is -1.66. The molecule has 0 atom stereocenters. The Labute approximate surface area is 118 Å². The minimum absolute atomic E-state index is 0.245. The van der Waals surface area contributed by atoms with Crippen LogP contribution < -0.4 is 4.74 Å². The Morgan fingerprint density at radius 2 is 1.43 bits per heavy atom. The smallest absolute Gasteiger partial charge is 0.204 e. The summed E-state index contributed by atoms with van der Waals surface area (Å²) in [5.74, 6) is -7.77. The Morgan fingerprint density at radius 3 is 1.90 bits per heavy atom. The Balaban J connectivity index is 2.30. The van der Waals surface area contributed by atoms with Crippen LogP contribution in [0.4, 0.5) is 17.6 Å². The molecule has 0 unspecified atom stereocenters. The predicted octanol–water partition coefficient (Wildman–Crippen LogP) is 3.62. The van der Waals surface area contributed by atoms with E-state index in [2.05, 4.69) is 0 Å². The van der Waals surface area contributed by atoms with Gasteiger partial charge < -0.3 is 9.84 Å². The highest BCUT2D eigenvalue weighted by Crippen LogP contribution is 2.30. The van der Waals surface area contributed by atoms with Crippen molar-refractivity contribution in [3.8, 4) is 5.75 Å². The van der Waals surface area contributed by atoms with E-state index in [4.69, 9.17) is 9.84 Å². The van der Waals surface area contributed by atoms with Crippen molar-refractivity contribution in [1.29, 1.82) is 0 Å². The molecule has 0 saturated carbocycles. The first-order valence-electron chi connectivity index (χ1n) is 6.09. The molecule has 0 aliphatic carbocycles. The number of aliphatic hydroxyl groups excluding tert-OH is 1. The number of aryl methyl sites for hydroxylation is 1.